The van der Waals surface area contributed by atoms with Crippen molar-refractivity contribution in [2.75, 3.05) is 0 Å². The molecule has 1 unspecified atom stereocenters. The van der Waals surface area contributed by atoms with Crippen molar-refractivity contribution < 1.29 is 0 Å². The first-order valence-corrected chi connectivity index (χ1v) is 9.76. The minimum Gasteiger partial charge on any atom is -0.343 e. The first-order valence-electron chi connectivity index (χ1n) is 9.76. The van der Waals surface area contributed by atoms with Gasteiger partial charge in [-0.2, -0.15) is 0 Å². The standard InChI is InChI=1S/C24H27N3/c1-7-17(5)27-11-9-19-18(6)26-22-20(8-10-25-23(22)24(19)27)21-15(3)12-14(2)13-16(21)4/h8-13,17H,7H2,1-6H3. The van der Waals surface area contributed by atoms with E-state index < -0.39 is 0 Å². The third kappa shape index (κ3) is 2.73. The Bertz CT molecular complexity index is 1140. The lowest BCUT2D eigenvalue weighted by atomic mass is 9.93. The van der Waals surface area contributed by atoms with Crippen LogP contribution in [0.3, 0.4) is 0 Å². The number of hydrogen-bond donors (Lipinski definition) is 0. The molecule has 3 heteroatoms. The highest BCUT2D eigenvalue weighted by molar-refractivity contribution is 6.07. The highest BCUT2D eigenvalue weighted by Gasteiger charge is 2.18. The zero-order valence-corrected chi connectivity index (χ0v) is 17.1. The predicted molar refractivity (Wildman–Crippen MR) is 114 cm³/mol. The van der Waals surface area contributed by atoms with Crippen molar-refractivity contribution in [1.82, 2.24) is 14.5 Å². The van der Waals surface area contributed by atoms with Gasteiger partial charge >= 0.3 is 0 Å². The quantitative estimate of drug-likeness (QED) is 0.421. The van der Waals surface area contributed by atoms with Crippen LogP contribution >= 0.6 is 0 Å². The molecule has 27 heavy (non-hydrogen) atoms. The molecule has 4 aromatic rings. The van der Waals surface area contributed by atoms with Crippen molar-refractivity contribution in [1.29, 1.82) is 0 Å². The molecule has 3 aromatic heterocycles. The van der Waals surface area contributed by atoms with E-state index in [9.17, 15) is 0 Å². The molecule has 0 aliphatic carbocycles. The Balaban J connectivity index is 2.13. The van der Waals surface area contributed by atoms with Crippen LogP contribution in [0, 0.1) is 27.7 Å². The van der Waals surface area contributed by atoms with E-state index in [1.165, 1.54) is 38.7 Å². The summed E-state index contributed by atoms with van der Waals surface area (Å²) in [6, 6.07) is 9.23. The maximum Gasteiger partial charge on any atom is 0.114 e. The smallest absolute Gasteiger partial charge is 0.114 e. The van der Waals surface area contributed by atoms with Gasteiger partial charge in [0, 0.05) is 35.1 Å². The zero-order valence-electron chi connectivity index (χ0n) is 17.1. The monoisotopic (exact) mass is 357 g/mol. The Morgan fingerprint density at radius 1 is 1.00 bits per heavy atom. The zero-order chi connectivity index (χ0) is 19.3. The molecule has 0 radical (unpaired) electrons. The number of fused-ring (bicyclic) bond motifs is 3. The van der Waals surface area contributed by atoms with Gasteiger partial charge in [0.25, 0.3) is 0 Å². The SMILES string of the molecule is CCC(C)n1ccc2c(C)nc3c(-c4c(C)cc(C)cc4C)ccnc3c21. The number of benzene rings is 1. The molecule has 0 amide bonds. The fourth-order valence-electron chi connectivity index (χ4n) is 4.33. The van der Waals surface area contributed by atoms with Gasteiger partial charge in [0.2, 0.25) is 0 Å². The van der Waals surface area contributed by atoms with E-state index >= 15 is 0 Å². The molecule has 3 nitrogen and oxygen atoms in total. The summed E-state index contributed by atoms with van der Waals surface area (Å²) in [5.74, 6) is 0. The average Bonchev–Trinajstić information content (AvgIpc) is 3.07. The summed E-state index contributed by atoms with van der Waals surface area (Å²) in [7, 11) is 0. The number of nitrogens with zero attached hydrogens (tertiary/aromatic N) is 3. The Labute approximate surface area is 161 Å². The van der Waals surface area contributed by atoms with Crippen LogP contribution in [-0.4, -0.2) is 14.5 Å². The Kier molecular flexibility index (Phi) is 4.26. The minimum atomic E-state index is 0.431. The van der Waals surface area contributed by atoms with E-state index in [2.05, 4.69) is 76.6 Å². The first kappa shape index (κ1) is 17.7. The van der Waals surface area contributed by atoms with Gasteiger partial charge in [-0.25, -0.2) is 0 Å². The molecule has 0 spiro atoms. The second-order valence-electron chi connectivity index (χ2n) is 7.77. The predicted octanol–water partition coefficient (Wildman–Crippen LogP) is 6.46. The van der Waals surface area contributed by atoms with Crippen molar-refractivity contribution in [2.24, 2.45) is 0 Å². The van der Waals surface area contributed by atoms with Crippen LogP contribution in [0.1, 0.15) is 48.7 Å². The van der Waals surface area contributed by atoms with Gasteiger partial charge in [-0.15, -0.1) is 0 Å². The maximum absolute atomic E-state index is 5.01. The molecule has 138 valence electrons. The number of aryl methyl sites for hydroxylation is 4. The largest absolute Gasteiger partial charge is 0.343 e. The van der Waals surface area contributed by atoms with Crippen molar-refractivity contribution in [2.45, 2.75) is 54.0 Å². The molecule has 1 atom stereocenters. The normalized spacial score (nSPS) is 12.8. The van der Waals surface area contributed by atoms with Crippen LogP contribution in [0.5, 0.6) is 0 Å². The minimum absolute atomic E-state index is 0.431. The lowest BCUT2D eigenvalue weighted by molar-refractivity contribution is 0.549. The van der Waals surface area contributed by atoms with E-state index in [1.54, 1.807) is 0 Å². The van der Waals surface area contributed by atoms with E-state index in [-0.39, 0.29) is 0 Å². The fourth-order valence-corrected chi connectivity index (χ4v) is 4.33. The van der Waals surface area contributed by atoms with Crippen LogP contribution < -0.4 is 0 Å². The Morgan fingerprint density at radius 2 is 1.70 bits per heavy atom. The van der Waals surface area contributed by atoms with Crippen molar-refractivity contribution in [3.63, 3.8) is 0 Å². The Hall–Kier alpha value is -2.68. The topological polar surface area (TPSA) is 30.7 Å². The molecule has 0 N–H and O–H groups in total. The summed E-state index contributed by atoms with van der Waals surface area (Å²) in [6.45, 7) is 13.1. The number of rotatable bonds is 3. The van der Waals surface area contributed by atoms with Gasteiger partial charge in [0.1, 0.15) is 5.52 Å². The molecular weight excluding hydrogens is 330 g/mol. The van der Waals surface area contributed by atoms with E-state index in [0.717, 1.165) is 23.1 Å². The number of hydrogen-bond acceptors (Lipinski definition) is 2. The molecule has 1 aromatic carbocycles. The second kappa shape index (κ2) is 6.49. The van der Waals surface area contributed by atoms with Crippen LogP contribution in [0.4, 0.5) is 0 Å². The van der Waals surface area contributed by atoms with Gasteiger partial charge in [-0.3, -0.25) is 9.97 Å². The molecule has 0 saturated carbocycles. The van der Waals surface area contributed by atoms with Crippen LogP contribution in [0.25, 0.3) is 33.1 Å². The second-order valence-corrected chi connectivity index (χ2v) is 7.77. The van der Waals surface area contributed by atoms with E-state index in [0.29, 0.717) is 6.04 Å². The molecular formula is C24H27N3. The van der Waals surface area contributed by atoms with Crippen molar-refractivity contribution in [3.05, 3.63) is 59.0 Å². The van der Waals surface area contributed by atoms with Crippen LogP contribution in [-0.2, 0) is 0 Å². The molecule has 0 aliphatic rings. The highest BCUT2D eigenvalue weighted by atomic mass is 15.0. The van der Waals surface area contributed by atoms with Crippen molar-refractivity contribution in [3.8, 4) is 11.1 Å². The van der Waals surface area contributed by atoms with Crippen LogP contribution in [0.15, 0.2) is 36.7 Å². The van der Waals surface area contributed by atoms with Gasteiger partial charge in [-0.05, 0) is 69.9 Å². The summed E-state index contributed by atoms with van der Waals surface area (Å²) in [5, 5.41) is 1.20. The third-order valence-electron chi connectivity index (χ3n) is 5.75. The van der Waals surface area contributed by atoms with Gasteiger partial charge in [-0.1, -0.05) is 24.6 Å². The first-order chi connectivity index (χ1) is 12.9. The summed E-state index contributed by atoms with van der Waals surface area (Å²) in [4.78, 5) is 9.79. The lowest BCUT2D eigenvalue weighted by Gasteiger charge is -2.17. The summed E-state index contributed by atoms with van der Waals surface area (Å²) >= 11 is 0. The fraction of sp³-hybridized carbons (Fsp3) is 0.333. The van der Waals surface area contributed by atoms with E-state index in [4.69, 9.17) is 9.97 Å². The summed E-state index contributed by atoms with van der Waals surface area (Å²) in [6.07, 6.45) is 5.20. The molecule has 3 heterocycles. The molecule has 0 fully saturated rings. The average molecular weight is 358 g/mol. The third-order valence-corrected chi connectivity index (χ3v) is 5.75. The van der Waals surface area contributed by atoms with Crippen LogP contribution in [0.2, 0.25) is 0 Å². The molecule has 0 bridgehead atoms. The molecule has 4 rings (SSSR count). The van der Waals surface area contributed by atoms with Gasteiger partial charge in [0.15, 0.2) is 0 Å². The van der Waals surface area contributed by atoms with E-state index in [1.807, 2.05) is 6.20 Å². The number of pyridine rings is 2. The molecule has 0 aliphatic heterocycles. The number of aromatic nitrogens is 3. The highest BCUT2D eigenvalue weighted by Crippen LogP contribution is 2.36. The molecule has 0 saturated heterocycles. The maximum atomic E-state index is 5.01. The van der Waals surface area contributed by atoms with Gasteiger partial charge < -0.3 is 4.57 Å². The Morgan fingerprint density at radius 3 is 2.37 bits per heavy atom. The van der Waals surface area contributed by atoms with Gasteiger partial charge in [0.05, 0.1) is 11.0 Å². The summed E-state index contributed by atoms with van der Waals surface area (Å²) in [5.41, 5.74) is 10.6. The van der Waals surface area contributed by atoms with Crippen molar-refractivity contribution >= 4 is 21.9 Å². The summed E-state index contributed by atoms with van der Waals surface area (Å²) < 4.78 is 2.36. The lowest BCUT2D eigenvalue weighted by Crippen LogP contribution is -2.04.